The first-order valence-electron chi connectivity index (χ1n) is 11.3. The average molecular weight is 468 g/mol. The number of pyridine rings is 1. The number of fused-ring (bicyclic) bond motifs is 3. The van der Waals surface area contributed by atoms with Crippen molar-refractivity contribution < 1.29 is 9.59 Å². The number of aromatic nitrogens is 4. The van der Waals surface area contributed by atoms with Gasteiger partial charge in [-0.1, -0.05) is 31.2 Å². The van der Waals surface area contributed by atoms with Crippen molar-refractivity contribution in [3.63, 3.8) is 0 Å². The van der Waals surface area contributed by atoms with Gasteiger partial charge in [0, 0.05) is 41.9 Å². The highest BCUT2D eigenvalue weighted by Crippen LogP contribution is 2.44. The second-order valence-electron chi connectivity index (χ2n) is 8.53. The Morgan fingerprint density at radius 3 is 2.69 bits per heavy atom. The van der Waals surface area contributed by atoms with Crippen LogP contribution in [0.2, 0.25) is 0 Å². The van der Waals surface area contributed by atoms with Gasteiger partial charge in [-0.15, -0.1) is 6.58 Å². The molecule has 0 spiro atoms. The van der Waals surface area contributed by atoms with E-state index in [4.69, 9.17) is 5.73 Å². The van der Waals surface area contributed by atoms with E-state index in [1.165, 1.54) is 6.33 Å². The third kappa shape index (κ3) is 4.01. The summed E-state index contributed by atoms with van der Waals surface area (Å²) in [5.41, 5.74) is 10.4. The lowest BCUT2D eigenvalue weighted by atomic mass is 9.93. The van der Waals surface area contributed by atoms with Crippen LogP contribution in [0.3, 0.4) is 0 Å². The van der Waals surface area contributed by atoms with Crippen LogP contribution in [0, 0.1) is 0 Å². The molecule has 1 aliphatic rings. The van der Waals surface area contributed by atoms with E-state index in [1.54, 1.807) is 36.5 Å². The summed E-state index contributed by atoms with van der Waals surface area (Å²) in [6.07, 6.45) is 4.94. The molecule has 4 aromatic rings. The molecule has 5 rings (SSSR count). The lowest BCUT2D eigenvalue weighted by molar-refractivity contribution is -0.121. The molecule has 9 heteroatoms. The Morgan fingerprint density at radius 1 is 1.17 bits per heavy atom. The topological polar surface area (TPSA) is 128 Å². The maximum absolute atomic E-state index is 12.7. The summed E-state index contributed by atoms with van der Waals surface area (Å²) in [7, 11) is 0. The molecule has 1 aromatic carbocycles. The molecule has 4 N–H and O–H groups in total. The molecule has 0 bridgehead atoms. The van der Waals surface area contributed by atoms with Gasteiger partial charge in [0.1, 0.15) is 23.6 Å². The van der Waals surface area contributed by atoms with Crippen molar-refractivity contribution in [1.82, 2.24) is 24.8 Å². The number of nitrogens with zero attached hydrogens (tertiary/aromatic N) is 4. The van der Waals surface area contributed by atoms with Crippen molar-refractivity contribution in [2.75, 3.05) is 11.1 Å². The minimum absolute atomic E-state index is 0.0134. The molecule has 176 valence electrons. The van der Waals surface area contributed by atoms with Crippen LogP contribution >= 0.6 is 0 Å². The van der Waals surface area contributed by atoms with Crippen molar-refractivity contribution in [2.45, 2.75) is 31.8 Å². The number of benzene rings is 1. The molecule has 0 aliphatic carbocycles. The zero-order chi connectivity index (χ0) is 24.5. The monoisotopic (exact) mass is 467 g/mol. The van der Waals surface area contributed by atoms with Gasteiger partial charge in [-0.25, -0.2) is 15.0 Å². The summed E-state index contributed by atoms with van der Waals surface area (Å²) in [6, 6.07) is 12.6. The minimum Gasteiger partial charge on any atom is -0.383 e. The number of nitrogens with two attached hydrogens (primary N) is 1. The molecule has 3 aromatic heterocycles. The second kappa shape index (κ2) is 9.02. The van der Waals surface area contributed by atoms with Gasteiger partial charge < -0.3 is 20.9 Å². The highest BCUT2D eigenvalue weighted by molar-refractivity contribution is 6.06. The molecule has 4 heterocycles. The van der Waals surface area contributed by atoms with E-state index >= 15 is 0 Å². The summed E-state index contributed by atoms with van der Waals surface area (Å²) < 4.78 is 2.11. The fourth-order valence-electron chi connectivity index (χ4n) is 4.69. The molecule has 35 heavy (non-hydrogen) atoms. The summed E-state index contributed by atoms with van der Waals surface area (Å²) >= 11 is 0. The largest absolute Gasteiger partial charge is 0.383 e. The van der Waals surface area contributed by atoms with Crippen molar-refractivity contribution >= 4 is 34.5 Å². The first-order valence-corrected chi connectivity index (χ1v) is 11.3. The third-order valence-corrected chi connectivity index (χ3v) is 6.34. The van der Waals surface area contributed by atoms with E-state index in [9.17, 15) is 9.59 Å². The lowest BCUT2D eigenvalue weighted by Gasteiger charge is -2.18. The first-order chi connectivity index (χ1) is 17.0. The Bertz CT molecular complexity index is 1430. The van der Waals surface area contributed by atoms with Crippen LogP contribution in [-0.4, -0.2) is 37.4 Å². The van der Waals surface area contributed by atoms with Crippen LogP contribution in [-0.2, 0) is 11.3 Å². The normalized spacial score (nSPS) is 16.6. The van der Waals surface area contributed by atoms with Gasteiger partial charge in [-0.3, -0.25) is 9.59 Å². The van der Waals surface area contributed by atoms with Gasteiger partial charge in [-0.2, -0.15) is 0 Å². The second-order valence-corrected chi connectivity index (χ2v) is 8.53. The Hall–Kier alpha value is -4.53. The van der Waals surface area contributed by atoms with Gasteiger partial charge in [0.05, 0.1) is 11.4 Å². The van der Waals surface area contributed by atoms with Crippen LogP contribution in [0.25, 0.3) is 22.2 Å². The number of hydrogen-bond donors (Lipinski definition) is 3. The third-order valence-electron chi connectivity index (χ3n) is 6.34. The maximum atomic E-state index is 12.7. The molecule has 0 radical (unpaired) electrons. The molecule has 0 saturated carbocycles. The lowest BCUT2D eigenvalue weighted by Crippen LogP contribution is -2.37. The zero-order valence-electron chi connectivity index (χ0n) is 19.2. The molecule has 2 amide bonds. The number of nitrogens with one attached hydrogen (secondary N) is 2. The standard InChI is InChI=1S/C26H25N7O2/c1-3-6-20(34)31-18-13-33-23(15(18)2)21(22-24(27)29-14-30-25(22)33)16-8-10-17(11-9-16)26(35)32-19-7-4-5-12-28-19/h3-5,7-12,14-15,18H,1,6,13H2,2H3,(H,31,34)(H2,27,29,30)(H,28,32,35)/t15?,18-/m0/s1. The summed E-state index contributed by atoms with van der Waals surface area (Å²) in [5.74, 6) is 0.582. The predicted octanol–water partition coefficient (Wildman–Crippen LogP) is 3.51. The van der Waals surface area contributed by atoms with Crippen molar-refractivity contribution in [3.05, 3.63) is 78.9 Å². The molecule has 0 saturated heterocycles. The van der Waals surface area contributed by atoms with E-state index < -0.39 is 0 Å². The number of carbonyl (C=O) groups excluding carboxylic acids is 2. The summed E-state index contributed by atoms with van der Waals surface area (Å²) in [4.78, 5) is 37.8. The van der Waals surface area contributed by atoms with Crippen LogP contribution in [0.1, 0.15) is 35.3 Å². The Morgan fingerprint density at radius 2 is 1.97 bits per heavy atom. The van der Waals surface area contributed by atoms with E-state index in [2.05, 4.69) is 43.7 Å². The van der Waals surface area contributed by atoms with Crippen molar-refractivity contribution in [3.8, 4) is 11.1 Å². The Balaban J connectivity index is 1.51. The summed E-state index contributed by atoms with van der Waals surface area (Å²) in [6.45, 7) is 6.30. The number of hydrogen-bond acceptors (Lipinski definition) is 6. The highest BCUT2D eigenvalue weighted by atomic mass is 16.2. The van der Waals surface area contributed by atoms with E-state index in [1.807, 2.05) is 18.2 Å². The summed E-state index contributed by atoms with van der Waals surface area (Å²) in [5, 5.41) is 6.67. The number of nitrogen functional groups attached to an aromatic ring is 1. The van der Waals surface area contributed by atoms with Crippen molar-refractivity contribution in [2.24, 2.45) is 0 Å². The van der Waals surface area contributed by atoms with Crippen LogP contribution < -0.4 is 16.4 Å². The number of amides is 2. The predicted molar refractivity (Wildman–Crippen MR) is 135 cm³/mol. The Kier molecular flexibility index (Phi) is 5.74. The number of anilines is 2. The van der Waals surface area contributed by atoms with Gasteiger partial charge in [0.25, 0.3) is 5.91 Å². The van der Waals surface area contributed by atoms with Gasteiger partial charge in [0.2, 0.25) is 5.91 Å². The molecule has 2 atom stereocenters. The maximum Gasteiger partial charge on any atom is 0.256 e. The fraction of sp³-hybridized carbons (Fsp3) is 0.192. The van der Waals surface area contributed by atoms with Crippen molar-refractivity contribution in [1.29, 1.82) is 0 Å². The van der Waals surface area contributed by atoms with E-state index in [0.29, 0.717) is 23.7 Å². The van der Waals surface area contributed by atoms with E-state index in [-0.39, 0.29) is 30.2 Å². The van der Waals surface area contributed by atoms with Gasteiger partial charge >= 0.3 is 0 Å². The fourth-order valence-corrected chi connectivity index (χ4v) is 4.69. The molecule has 9 nitrogen and oxygen atoms in total. The average Bonchev–Trinajstić information content (AvgIpc) is 3.35. The van der Waals surface area contributed by atoms with Crippen LogP contribution in [0.5, 0.6) is 0 Å². The minimum atomic E-state index is -0.247. The molecule has 0 fully saturated rings. The van der Waals surface area contributed by atoms with Gasteiger partial charge in [0.15, 0.2) is 0 Å². The molecular formula is C26H25N7O2. The molecule has 1 aliphatic heterocycles. The number of rotatable bonds is 6. The SMILES string of the molecule is C=CCC(=O)N[C@H]1Cn2c(c(-c3ccc(C(=O)Nc4ccccn4)cc3)c3c(N)ncnc32)C1C. The van der Waals surface area contributed by atoms with E-state index in [0.717, 1.165) is 27.9 Å². The van der Waals surface area contributed by atoms with Gasteiger partial charge in [-0.05, 0) is 29.8 Å². The first kappa shape index (κ1) is 22.3. The molecular weight excluding hydrogens is 442 g/mol. The zero-order valence-corrected chi connectivity index (χ0v) is 19.2. The quantitative estimate of drug-likeness (QED) is 0.372. The molecule has 1 unspecified atom stereocenters. The highest BCUT2D eigenvalue weighted by Gasteiger charge is 2.36. The van der Waals surface area contributed by atoms with Crippen LogP contribution in [0.15, 0.2) is 67.6 Å². The number of carbonyl (C=O) groups is 2. The smallest absolute Gasteiger partial charge is 0.256 e. The van der Waals surface area contributed by atoms with Crippen LogP contribution in [0.4, 0.5) is 11.6 Å². The Labute approximate surface area is 202 Å².